The van der Waals surface area contributed by atoms with E-state index >= 15 is 0 Å². The molecular weight excluding hydrogens is 454 g/mol. The highest BCUT2D eigenvalue weighted by Gasteiger charge is 2.20. The summed E-state index contributed by atoms with van der Waals surface area (Å²) in [6.45, 7) is 3.55. The van der Waals surface area contributed by atoms with Crippen molar-refractivity contribution in [1.29, 1.82) is 5.26 Å². The fraction of sp³-hybridized carbons (Fsp3) is 0.370. The summed E-state index contributed by atoms with van der Waals surface area (Å²) in [7, 11) is 1.80. The monoisotopic (exact) mass is 489 g/mol. The fourth-order valence-electron chi connectivity index (χ4n) is 3.38. The molecule has 1 saturated heterocycles. The van der Waals surface area contributed by atoms with Gasteiger partial charge in [0.05, 0.1) is 12.2 Å². The number of nitriles is 1. The Balaban J connectivity index is 0.000000371. The van der Waals surface area contributed by atoms with Crippen molar-refractivity contribution in [2.45, 2.75) is 39.0 Å². The zero-order valence-corrected chi connectivity index (χ0v) is 21.1. The van der Waals surface area contributed by atoms with Gasteiger partial charge in [-0.25, -0.2) is 4.99 Å². The maximum absolute atomic E-state index is 12.2. The quantitative estimate of drug-likeness (QED) is 0.211. The summed E-state index contributed by atoms with van der Waals surface area (Å²) in [5.74, 6) is 0.232. The number of carbonyl (C=O) groups is 2. The normalized spacial score (nSPS) is 13.0. The molecule has 1 aliphatic heterocycles. The number of carbonyl (C=O) groups excluding carboxylic acids is 2. The Hall–Kier alpha value is -4.37. The van der Waals surface area contributed by atoms with Crippen LogP contribution in [0.15, 0.2) is 53.8 Å². The minimum atomic E-state index is 0.0132. The number of amides is 2. The number of hydrogen-bond donors (Lipinski definition) is 2. The summed E-state index contributed by atoms with van der Waals surface area (Å²) in [5, 5.41) is 10.5. The van der Waals surface area contributed by atoms with Crippen LogP contribution in [-0.2, 0) is 16.0 Å². The Morgan fingerprint density at radius 1 is 1.25 bits per heavy atom. The number of pyridine rings is 1. The lowest BCUT2D eigenvalue weighted by Gasteiger charge is -2.24. The molecule has 1 fully saturated rings. The molecule has 0 aliphatic carbocycles. The van der Waals surface area contributed by atoms with Crippen LogP contribution in [0.3, 0.4) is 0 Å². The van der Waals surface area contributed by atoms with Gasteiger partial charge in [-0.15, -0.1) is 12.8 Å². The molecule has 1 aromatic carbocycles. The molecule has 0 saturated carbocycles. The van der Waals surface area contributed by atoms with Crippen molar-refractivity contribution in [2.24, 2.45) is 10.7 Å². The number of terminal acetylenes is 1. The number of nitrogens with two attached hydrogens (primary N) is 1. The predicted molar refractivity (Wildman–Crippen MR) is 142 cm³/mol. The highest BCUT2D eigenvalue weighted by atomic mass is 16.2. The van der Waals surface area contributed by atoms with Crippen LogP contribution in [0.2, 0.25) is 0 Å². The molecule has 190 valence electrons. The van der Waals surface area contributed by atoms with Gasteiger partial charge in [0.15, 0.2) is 6.19 Å². The minimum absolute atomic E-state index is 0.0132. The SMILES string of the molecule is C#C.CN(CCc1ccncc1)C(=O)CN1CCCCCC1=O.Cc1cccc(N=C(N)NC#N)c1. The number of guanidine groups is 1. The van der Waals surface area contributed by atoms with Crippen molar-refractivity contribution < 1.29 is 9.59 Å². The molecule has 0 spiro atoms. The van der Waals surface area contributed by atoms with Crippen LogP contribution in [-0.4, -0.2) is 59.2 Å². The smallest absolute Gasteiger partial charge is 0.241 e. The van der Waals surface area contributed by atoms with Gasteiger partial charge >= 0.3 is 0 Å². The number of aliphatic imine (C=N–C) groups is 1. The lowest BCUT2D eigenvalue weighted by molar-refractivity contribution is -0.139. The standard InChI is InChI=1S/C16H23N3O2.C9H10N4.C2H2/c1-18(12-8-14-6-9-17-10-7-14)16(21)13-19-11-4-2-3-5-15(19)20;1-7-3-2-4-8(5-7)13-9(11)12-6-10;1-2/h6-7,9-10H,2-5,8,11-13H2,1H3;2-5H,1H3,(H3,11,12,13);1-2H. The van der Waals surface area contributed by atoms with E-state index in [-0.39, 0.29) is 24.3 Å². The van der Waals surface area contributed by atoms with Crippen LogP contribution >= 0.6 is 0 Å². The molecule has 3 N–H and O–H groups in total. The van der Waals surface area contributed by atoms with Crippen molar-refractivity contribution in [3.05, 3.63) is 59.9 Å². The lowest BCUT2D eigenvalue weighted by atomic mass is 10.2. The van der Waals surface area contributed by atoms with Crippen LogP contribution in [0.5, 0.6) is 0 Å². The Bertz CT molecular complexity index is 1040. The highest BCUT2D eigenvalue weighted by Crippen LogP contribution is 2.13. The summed E-state index contributed by atoms with van der Waals surface area (Å²) < 4.78 is 0. The largest absolute Gasteiger partial charge is 0.369 e. The van der Waals surface area contributed by atoms with Gasteiger partial charge in [0.1, 0.15) is 0 Å². The molecule has 2 aromatic rings. The zero-order valence-electron chi connectivity index (χ0n) is 21.1. The summed E-state index contributed by atoms with van der Waals surface area (Å²) in [6, 6.07) is 11.5. The first-order valence-corrected chi connectivity index (χ1v) is 11.7. The van der Waals surface area contributed by atoms with Crippen LogP contribution in [0, 0.1) is 31.2 Å². The minimum Gasteiger partial charge on any atom is -0.369 e. The first kappa shape index (κ1) is 29.7. The van der Waals surface area contributed by atoms with E-state index in [1.165, 1.54) is 0 Å². The molecule has 0 bridgehead atoms. The molecule has 9 heteroatoms. The number of likely N-dealkylation sites (N-methyl/N-ethyl adjacent to an activating group) is 1. The summed E-state index contributed by atoms with van der Waals surface area (Å²) in [6.07, 6.45) is 17.6. The number of aromatic nitrogens is 1. The molecular formula is C27H35N7O2. The average Bonchev–Trinajstić information content (AvgIpc) is 3.08. The molecule has 1 aromatic heterocycles. The molecule has 36 heavy (non-hydrogen) atoms. The van der Waals surface area contributed by atoms with E-state index in [9.17, 15) is 9.59 Å². The van der Waals surface area contributed by atoms with Gasteiger partial charge in [0.2, 0.25) is 17.8 Å². The van der Waals surface area contributed by atoms with Crippen LogP contribution in [0.25, 0.3) is 0 Å². The number of rotatable bonds is 6. The first-order chi connectivity index (χ1) is 17.4. The van der Waals surface area contributed by atoms with Gasteiger partial charge in [-0.1, -0.05) is 18.6 Å². The third kappa shape index (κ3) is 11.7. The van der Waals surface area contributed by atoms with Crippen LogP contribution in [0.1, 0.15) is 36.8 Å². The van der Waals surface area contributed by atoms with E-state index in [0.29, 0.717) is 19.5 Å². The average molecular weight is 490 g/mol. The van der Waals surface area contributed by atoms with Gasteiger partial charge in [0.25, 0.3) is 0 Å². The van der Waals surface area contributed by atoms with E-state index < -0.39 is 0 Å². The van der Waals surface area contributed by atoms with Gasteiger partial charge in [-0.05, 0) is 61.6 Å². The van der Waals surface area contributed by atoms with Crippen molar-refractivity contribution in [1.82, 2.24) is 20.1 Å². The molecule has 0 radical (unpaired) electrons. The van der Waals surface area contributed by atoms with Crippen molar-refractivity contribution in [3.8, 4) is 19.0 Å². The number of benzene rings is 1. The number of likely N-dealkylation sites (tertiary alicyclic amines) is 1. The van der Waals surface area contributed by atoms with Gasteiger partial charge in [0, 0.05) is 39.0 Å². The van der Waals surface area contributed by atoms with Gasteiger partial charge in [-0.2, -0.15) is 5.26 Å². The van der Waals surface area contributed by atoms with E-state index in [1.54, 1.807) is 35.4 Å². The van der Waals surface area contributed by atoms with Crippen molar-refractivity contribution in [3.63, 3.8) is 0 Å². The van der Waals surface area contributed by atoms with E-state index in [4.69, 9.17) is 11.0 Å². The molecule has 3 rings (SSSR count). The number of nitrogens with zero attached hydrogens (tertiary/aromatic N) is 5. The Labute approximate surface area is 214 Å². The van der Waals surface area contributed by atoms with E-state index in [2.05, 4.69) is 28.1 Å². The van der Waals surface area contributed by atoms with Gasteiger partial charge < -0.3 is 15.5 Å². The van der Waals surface area contributed by atoms with Crippen molar-refractivity contribution >= 4 is 23.5 Å². The second kappa shape index (κ2) is 17.1. The van der Waals surface area contributed by atoms with Crippen LogP contribution < -0.4 is 11.1 Å². The molecule has 2 heterocycles. The topological polar surface area (TPSA) is 128 Å². The number of nitrogens with one attached hydrogen (secondary N) is 1. The van der Waals surface area contributed by atoms with E-state index in [0.717, 1.165) is 42.5 Å². The third-order valence-electron chi connectivity index (χ3n) is 5.34. The molecule has 0 atom stereocenters. The highest BCUT2D eigenvalue weighted by molar-refractivity contribution is 5.85. The maximum Gasteiger partial charge on any atom is 0.241 e. The second-order valence-corrected chi connectivity index (χ2v) is 8.12. The second-order valence-electron chi connectivity index (χ2n) is 8.12. The Morgan fingerprint density at radius 3 is 2.64 bits per heavy atom. The Kier molecular flexibility index (Phi) is 14.1. The van der Waals surface area contributed by atoms with Gasteiger partial charge in [-0.3, -0.25) is 19.9 Å². The predicted octanol–water partition coefficient (Wildman–Crippen LogP) is 2.75. The molecule has 0 unspecified atom stereocenters. The lowest BCUT2D eigenvalue weighted by Crippen LogP contribution is -2.41. The molecule has 2 amide bonds. The summed E-state index contributed by atoms with van der Waals surface area (Å²) >= 11 is 0. The first-order valence-electron chi connectivity index (χ1n) is 11.7. The van der Waals surface area contributed by atoms with E-state index in [1.807, 2.05) is 43.3 Å². The summed E-state index contributed by atoms with van der Waals surface area (Å²) in [4.78, 5) is 35.5. The van der Waals surface area contributed by atoms with Crippen LogP contribution in [0.4, 0.5) is 5.69 Å². The molecule has 1 aliphatic rings. The number of aryl methyl sites for hydroxylation is 1. The summed E-state index contributed by atoms with van der Waals surface area (Å²) in [5.41, 5.74) is 8.38. The third-order valence-corrected chi connectivity index (χ3v) is 5.34. The fourth-order valence-corrected chi connectivity index (χ4v) is 3.38. The Morgan fingerprint density at radius 2 is 1.97 bits per heavy atom. The zero-order chi connectivity index (χ0) is 26.8. The van der Waals surface area contributed by atoms with Crippen molar-refractivity contribution in [2.75, 3.05) is 26.7 Å². The number of hydrogen-bond acceptors (Lipinski definition) is 5. The molecule has 9 nitrogen and oxygen atoms in total. The maximum atomic E-state index is 12.2.